The molecule has 0 amide bonds. The monoisotopic (exact) mass is 201 g/mol. The van der Waals surface area contributed by atoms with Gasteiger partial charge in [-0.15, -0.1) is 5.10 Å². The third-order valence-corrected chi connectivity index (χ3v) is 1.55. The van der Waals surface area contributed by atoms with E-state index >= 15 is 0 Å². The molecule has 0 aliphatic rings. The van der Waals surface area contributed by atoms with Crippen LogP contribution in [0, 0.1) is 10.1 Å². The summed E-state index contributed by atoms with van der Waals surface area (Å²) in [6.45, 7) is 0. The highest BCUT2D eigenvalue weighted by Crippen LogP contribution is 2.22. The Hall–Kier alpha value is -1.96. The molecule has 0 saturated carbocycles. The second kappa shape index (κ2) is 3.83. The lowest BCUT2D eigenvalue weighted by molar-refractivity contribution is -0.390. The van der Waals surface area contributed by atoms with Gasteiger partial charge in [0.1, 0.15) is 5.56 Å². The van der Waals surface area contributed by atoms with Crippen LogP contribution < -0.4 is 0 Å². The first-order valence-corrected chi connectivity index (χ1v) is 3.51. The van der Waals surface area contributed by atoms with E-state index in [0.29, 0.717) is 0 Å². The minimum Gasteiger partial charge on any atom is -0.467 e. The van der Waals surface area contributed by atoms with Crippen molar-refractivity contribution in [3.63, 3.8) is 0 Å². The van der Waals surface area contributed by atoms with E-state index in [9.17, 15) is 20.0 Å². The number of nitrogens with one attached hydrogen (secondary N) is 1. The average Bonchev–Trinajstić information content (AvgIpc) is 2.63. The molecule has 1 rings (SSSR count). The fourth-order valence-electron chi connectivity index (χ4n) is 0.874. The molecular formula is C6H7N3O5. The van der Waals surface area contributed by atoms with Crippen molar-refractivity contribution in [2.45, 2.75) is 6.10 Å². The van der Waals surface area contributed by atoms with Gasteiger partial charge in [-0.1, -0.05) is 5.10 Å². The number of rotatable bonds is 3. The zero-order valence-electron chi connectivity index (χ0n) is 7.13. The third kappa shape index (κ3) is 1.69. The smallest absolute Gasteiger partial charge is 0.349 e. The van der Waals surface area contributed by atoms with Crippen LogP contribution in [0.15, 0.2) is 6.20 Å². The maximum absolute atomic E-state index is 10.8. The van der Waals surface area contributed by atoms with E-state index in [1.165, 1.54) is 0 Å². The summed E-state index contributed by atoms with van der Waals surface area (Å²) < 4.78 is 4.22. The van der Waals surface area contributed by atoms with Gasteiger partial charge in [-0.05, 0) is 4.92 Å². The van der Waals surface area contributed by atoms with Crippen LogP contribution in [0.4, 0.5) is 5.82 Å². The van der Waals surface area contributed by atoms with Crippen LogP contribution in [-0.4, -0.2) is 33.3 Å². The number of H-pyrrole nitrogens is 1. The molecular weight excluding hydrogens is 194 g/mol. The van der Waals surface area contributed by atoms with Crippen molar-refractivity contribution in [2.24, 2.45) is 0 Å². The topological polar surface area (TPSA) is 118 Å². The third-order valence-electron chi connectivity index (χ3n) is 1.55. The van der Waals surface area contributed by atoms with Gasteiger partial charge in [0.2, 0.25) is 0 Å². The van der Waals surface area contributed by atoms with Crippen LogP contribution in [0.2, 0.25) is 0 Å². The van der Waals surface area contributed by atoms with Gasteiger partial charge in [-0.2, -0.15) is 0 Å². The maximum atomic E-state index is 10.8. The second-order valence-corrected chi connectivity index (χ2v) is 2.36. The van der Waals surface area contributed by atoms with Crippen molar-refractivity contribution in [1.29, 1.82) is 0 Å². The number of esters is 1. The predicted octanol–water partition coefficient (Wildman–Crippen LogP) is -0.476. The number of carbonyl (C=O) groups excluding carboxylic acids is 1. The molecule has 0 aromatic carbocycles. The SMILES string of the molecule is COC(=O)C(O)c1cn[nH]c1[N+](=O)[O-]. The fourth-order valence-corrected chi connectivity index (χ4v) is 0.874. The molecule has 1 unspecified atom stereocenters. The first-order chi connectivity index (χ1) is 6.57. The van der Waals surface area contributed by atoms with Crippen LogP contribution >= 0.6 is 0 Å². The molecule has 14 heavy (non-hydrogen) atoms. The normalized spacial score (nSPS) is 12.1. The number of aliphatic hydroxyl groups excluding tert-OH is 1. The van der Waals surface area contributed by atoms with E-state index in [0.717, 1.165) is 13.3 Å². The van der Waals surface area contributed by atoms with Gasteiger partial charge >= 0.3 is 11.8 Å². The molecule has 0 bridgehead atoms. The number of aromatic amines is 1. The molecule has 0 aliphatic heterocycles. The average molecular weight is 201 g/mol. The van der Waals surface area contributed by atoms with Crippen LogP contribution in [0.25, 0.3) is 0 Å². The maximum Gasteiger partial charge on any atom is 0.349 e. The number of ether oxygens (including phenoxy) is 1. The first kappa shape index (κ1) is 10.1. The summed E-state index contributed by atoms with van der Waals surface area (Å²) in [7, 11) is 1.07. The van der Waals surface area contributed by atoms with Crippen LogP contribution in [0.5, 0.6) is 0 Å². The molecule has 2 N–H and O–H groups in total. The minimum absolute atomic E-state index is 0.221. The lowest BCUT2D eigenvalue weighted by Gasteiger charge is -2.04. The molecule has 0 radical (unpaired) electrons. The molecule has 1 atom stereocenters. The molecule has 0 fully saturated rings. The number of nitro groups is 1. The van der Waals surface area contributed by atoms with Crippen LogP contribution in [0.1, 0.15) is 11.7 Å². The summed E-state index contributed by atoms with van der Waals surface area (Å²) in [5.74, 6) is -1.50. The molecule has 0 aliphatic carbocycles. The number of nitrogens with zero attached hydrogens (tertiary/aromatic N) is 2. The Morgan fingerprint density at radius 3 is 3.00 bits per heavy atom. The Morgan fingerprint density at radius 1 is 1.86 bits per heavy atom. The van der Waals surface area contributed by atoms with Gasteiger partial charge in [0.15, 0.2) is 6.10 Å². The van der Waals surface area contributed by atoms with E-state index in [1.54, 1.807) is 0 Å². The highest BCUT2D eigenvalue weighted by molar-refractivity contribution is 5.77. The highest BCUT2D eigenvalue weighted by atomic mass is 16.6. The molecule has 1 aromatic heterocycles. The van der Waals surface area contributed by atoms with E-state index in [1.807, 2.05) is 5.10 Å². The molecule has 0 spiro atoms. The number of hydrogen-bond donors (Lipinski definition) is 2. The Morgan fingerprint density at radius 2 is 2.50 bits per heavy atom. The fraction of sp³-hybridized carbons (Fsp3) is 0.333. The Labute approximate surface area is 77.6 Å². The number of methoxy groups -OCH3 is 1. The van der Waals surface area contributed by atoms with Crippen LogP contribution in [0.3, 0.4) is 0 Å². The molecule has 1 heterocycles. The minimum atomic E-state index is -1.70. The number of carbonyl (C=O) groups is 1. The van der Waals surface area contributed by atoms with Gasteiger partial charge in [0, 0.05) is 0 Å². The zero-order chi connectivity index (χ0) is 10.7. The van der Waals surface area contributed by atoms with Crippen molar-refractivity contribution < 1.29 is 19.6 Å². The van der Waals surface area contributed by atoms with Gasteiger partial charge in [0.05, 0.1) is 13.3 Å². The molecule has 76 valence electrons. The summed E-state index contributed by atoms with van der Waals surface area (Å²) in [6.07, 6.45) is -0.696. The molecule has 0 saturated heterocycles. The van der Waals surface area contributed by atoms with Crippen LogP contribution in [-0.2, 0) is 9.53 Å². The van der Waals surface area contributed by atoms with Gasteiger partial charge in [0.25, 0.3) is 0 Å². The van der Waals surface area contributed by atoms with Crippen molar-refractivity contribution in [3.05, 3.63) is 21.9 Å². The first-order valence-electron chi connectivity index (χ1n) is 3.51. The Bertz CT molecular complexity index is 360. The molecule has 8 nitrogen and oxygen atoms in total. The van der Waals surface area contributed by atoms with Crippen molar-refractivity contribution in [1.82, 2.24) is 10.2 Å². The van der Waals surface area contributed by atoms with Gasteiger partial charge in [-0.25, -0.2) is 4.79 Å². The van der Waals surface area contributed by atoms with E-state index in [-0.39, 0.29) is 5.56 Å². The predicted molar refractivity (Wildman–Crippen MR) is 42.2 cm³/mol. The summed E-state index contributed by atoms with van der Waals surface area (Å²) in [6, 6.07) is 0. The van der Waals surface area contributed by atoms with Gasteiger partial charge in [-0.3, -0.25) is 0 Å². The van der Waals surface area contributed by atoms with Crippen molar-refractivity contribution in [3.8, 4) is 0 Å². The summed E-state index contributed by atoms with van der Waals surface area (Å²) >= 11 is 0. The highest BCUT2D eigenvalue weighted by Gasteiger charge is 2.28. The number of aromatic nitrogens is 2. The lowest BCUT2D eigenvalue weighted by Crippen LogP contribution is -2.14. The van der Waals surface area contributed by atoms with E-state index < -0.39 is 22.8 Å². The number of aliphatic hydroxyl groups is 1. The summed E-state index contributed by atoms with van der Waals surface area (Å²) in [4.78, 5) is 20.4. The standard InChI is InChI=1S/C6H7N3O5/c1-14-6(11)4(10)3-2-7-8-5(3)9(12)13/h2,4,10H,1H3,(H,7,8). The van der Waals surface area contributed by atoms with Crippen molar-refractivity contribution in [2.75, 3.05) is 7.11 Å². The quantitative estimate of drug-likeness (QED) is 0.387. The molecule has 8 heteroatoms. The number of hydrogen-bond acceptors (Lipinski definition) is 6. The summed E-state index contributed by atoms with van der Waals surface area (Å²) in [5.41, 5.74) is -0.221. The Balaban J connectivity index is 3.00. The van der Waals surface area contributed by atoms with E-state index in [2.05, 4.69) is 9.84 Å². The van der Waals surface area contributed by atoms with Gasteiger partial charge < -0.3 is 20.0 Å². The molecule has 1 aromatic rings. The largest absolute Gasteiger partial charge is 0.467 e. The van der Waals surface area contributed by atoms with Crippen molar-refractivity contribution >= 4 is 11.8 Å². The van der Waals surface area contributed by atoms with E-state index in [4.69, 9.17) is 0 Å². The summed E-state index contributed by atoms with van der Waals surface area (Å²) in [5, 5.41) is 25.0. The zero-order valence-corrected chi connectivity index (χ0v) is 7.13. The Kier molecular flexibility index (Phi) is 2.77. The second-order valence-electron chi connectivity index (χ2n) is 2.36. The lowest BCUT2D eigenvalue weighted by atomic mass is 10.2.